The quantitative estimate of drug-likeness (QED) is 0.551. The Kier molecular flexibility index (Phi) is 2.93. The SMILES string of the molecule is CN1C(=O)CCC(NC2CC(=O)NC2=O)C1=O. The smallest absolute Gasteiger partial charge is 0.246 e. The van der Waals surface area contributed by atoms with E-state index in [1.165, 1.54) is 7.05 Å². The second-order valence-electron chi connectivity index (χ2n) is 4.22. The van der Waals surface area contributed by atoms with Crippen LogP contribution in [0.25, 0.3) is 0 Å². The van der Waals surface area contributed by atoms with Gasteiger partial charge in [0.15, 0.2) is 0 Å². The number of carbonyl (C=O) groups excluding carboxylic acids is 4. The van der Waals surface area contributed by atoms with Gasteiger partial charge in [-0.1, -0.05) is 0 Å². The Hall–Kier alpha value is -1.76. The molecule has 0 spiro atoms. The lowest BCUT2D eigenvalue weighted by molar-refractivity contribution is -0.148. The second-order valence-corrected chi connectivity index (χ2v) is 4.22. The average Bonchev–Trinajstić information content (AvgIpc) is 2.58. The first-order valence-electron chi connectivity index (χ1n) is 5.39. The number of rotatable bonds is 2. The Morgan fingerprint density at radius 1 is 1.24 bits per heavy atom. The van der Waals surface area contributed by atoms with Gasteiger partial charge in [-0.3, -0.25) is 34.7 Å². The minimum absolute atomic E-state index is 0.0419. The number of hydrogen-bond acceptors (Lipinski definition) is 5. The molecular formula is C10H13N3O4. The topological polar surface area (TPSA) is 95.6 Å². The lowest BCUT2D eigenvalue weighted by atomic mass is 10.0. The minimum Gasteiger partial charge on any atom is -0.295 e. The van der Waals surface area contributed by atoms with Crippen LogP contribution < -0.4 is 10.6 Å². The molecule has 7 heteroatoms. The molecule has 2 N–H and O–H groups in total. The summed E-state index contributed by atoms with van der Waals surface area (Å²) in [5.74, 6) is -1.34. The van der Waals surface area contributed by atoms with Gasteiger partial charge in [-0.05, 0) is 6.42 Å². The fourth-order valence-electron chi connectivity index (χ4n) is 2.00. The van der Waals surface area contributed by atoms with Gasteiger partial charge >= 0.3 is 0 Å². The summed E-state index contributed by atoms with van der Waals surface area (Å²) in [6.45, 7) is 0. The summed E-state index contributed by atoms with van der Waals surface area (Å²) in [7, 11) is 1.42. The predicted molar refractivity (Wildman–Crippen MR) is 55.5 cm³/mol. The van der Waals surface area contributed by atoms with Crippen LogP contribution >= 0.6 is 0 Å². The molecule has 92 valence electrons. The van der Waals surface area contributed by atoms with Gasteiger partial charge in [-0.25, -0.2) is 0 Å². The lowest BCUT2D eigenvalue weighted by Gasteiger charge is -2.29. The molecule has 0 aromatic heterocycles. The van der Waals surface area contributed by atoms with Gasteiger partial charge in [0, 0.05) is 13.5 Å². The van der Waals surface area contributed by atoms with Gasteiger partial charge in [0.1, 0.15) is 0 Å². The van der Waals surface area contributed by atoms with Gasteiger partial charge in [0.05, 0.1) is 18.5 Å². The van der Waals surface area contributed by atoms with E-state index in [1.54, 1.807) is 0 Å². The number of nitrogens with zero attached hydrogens (tertiary/aromatic N) is 1. The summed E-state index contributed by atoms with van der Waals surface area (Å²) in [5, 5.41) is 4.98. The molecule has 0 aromatic rings. The fourth-order valence-corrected chi connectivity index (χ4v) is 2.00. The Morgan fingerprint density at radius 2 is 1.94 bits per heavy atom. The number of amides is 4. The molecule has 2 heterocycles. The zero-order valence-corrected chi connectivity index (χ0v) is 9.36. The molecule has 2 saturated heterocycles. The number of likely N-dealkylation sites (N-methyl/N-ethyl adjacent to an activating group) is 1. The first-order valence-corrected chi connectivity index (χ1v) is 5.39. The molecule has 2 fully saturated rings. The van der Waals surface area contributed by atoms with Crippen molar-refractivity contribution in [3.05, 3.63) is 0 Å². The lowest BCUT2D eigenvalue weighted by Crippen LogP contribution is -2.55. The maximum absolute atomic E-state index is 11.7. The standard InChI is InChI=1S/C10H13N3O4/c1-13-8(15)3-2-5(10(13)17)11-6-4-7(14)12-9(6)16/h5-6,11H,2-4H2,1H3,(H,12,14,16). The predicted octanol–water partition coefficient (Wildman–Crippen LogP) is -1.86. The van der Waals surface area contributed by atoms with Crippen LogP contribution in [0.2, 0.25) is 0 Å². The Morgan fingerprint density at radius 3 is 2.53 bits per heavy atom. The Balaban J connectivity index is 2.00. The second kappa shape index (κ2) is 4.25. The van der Waals surface area contributed by atoms with Crippen molar-refractivity contribution in [2.75, 3.05) is 7.05 Å². The first-order chi connectivity index (χ1) is 7.99. The normalized spacial score (nSPS) is 29.8. The summed E-state index contributed by atoms with van der Waals surface area (Å²) in [5.41, 5.74) is 0. The van der Waals surface area contributed by atoms with E-state index in [2.05, 4.69) is 10.6 Å². The van der Waals surface area contributed by atoms with Crippen molar-refractivity contribution < 1.29 is 19.2 Å². The van der Waals surface area contributed by atoms with Crippen LogP contribution in [0, 0.1) is 0 Å². The van der Waals surface area contributed by atoms with Crippen molar-refractivity contribution in [1.82, 2.24) is 15.5 Å². The average molecular weight is 239 g/mol. The third-order valence-electron chi connectivity index (χ3n) is 3.02. The van der Waals surface area contributed by atoms with Crippen molar-refractivity contribution in [2.45, 2.75) is 31.3 Å². The van der Waals surface area contributed by atoms with Crippen molar-refractivity contribution in [3.63, 3.8) is 0 Å². The van der Waals surface area contributed by atoms with E-state index in [1.807, 2.05) is 0 Å². The molecule has 2 rings (SSSR count). The number of imide groups is 2. The largest absolute Gasteiger partial charge is 0.295 e. The number of piperidine rings is 1. The Bertz CT molecular complexity index is 406. The van der Waals surface area contributed by atoms with E-state index in [4.69, 9.17) is 0 Å². The zero-order valence-electron chi connectivity index (χ0n) is 9.36. The fraction of sp³-hybridized carbons (Fsp3) is 0.600. The summed E-state index contributed by atoms with van der Waals surface area (Å²) < 4.78 is 0. The van der Waals surface area contributed by atoms with Gasteiger partial charge in [-0.2, -0.15) is 0 Å². The molecule has 2 aliphatic rings. The molecule has 2 aliphatic heterocycles. The number of likely N-dealkylation sites (tertiary alicyclic amines) is 1. The minimum atomic E-state index is -0.668. The van der Waals surface area contributed by atoms with Crippen molar-refractivity contribution >= 4 is 23.6 Å². The van der Waals surface area contributed by atoms with E-state index in [9.17, 15) is 19.2 Å². The van der Waals surface area contributed by atoms with Crippen molar-refractivity contribution in [2.24, 2.45) is 0 Å². The third kappa shape index (κ3) is 2.19. The maximum Gasteiger partial charge on any atom is 0.246 e. The highest BCUT2D eigenvalue weighted by molar-refractivity contribution is 6.06. The molecule has 2 atom stereocenters. The highest BCUT2D eigenvalue weighted by Gasteiger charge is 2.37. The molecule has 17 heavy (non-hydrogen) atoms. The molecular weight excluding hydrogens is 226 g/mol. The number of nitrogens with one attached hydrogen (secondary N) is 2. The van der Waals surface area contributed by atoms with Crippen LogP contribution in [0.5, 0.6) is 0 Å². The molecule has 7 nitrogen and oxygen atoms in total. The van der Waals surface area contributed by atoms with E-state index in [0.717, 1.165) is 4.90 Å². The molecule has 4 amide bonds. The van der Waals surface area contributed by atoms with Gasteiger partial charge in [-0.15, -0.1) is 0 Å². The van der Waals surface area contributed by atoms with Crippen molar-refractivity contribution in [1.29, 1.82) is 0 Å². The highest BCUT2D eigenvalue weighted by Crippen LogP contribution is 2.13. The molecule has 0 aliphatic carbocycles. The van der Waals surface area contributed by atoms with Gasteiger partial charge < -0.3 is 0 Å². The highest BCUT2D eigenvalue weighted by atomic mass is 16.2. The van der Waals surface area contributed by atoms with Crippen molar-refractivity contribution in [3.8, 4) is 0 Å². The Labute approximate surface area is 97.5 Å². The molecule has 0 aromatic carbocycles. The van der Waals surface area contributed by atoms with Gasteiger partial charge in [0.2, 0.25) is 23.6 Å². The molecule has 0 saturated carbocycles. The summed E-state index contributed by atoms with van der Waals surface area (Å²) in [6, 6.07) is -1.24. The first kappa shape index (κ1) is 11.7. The number of carbonyl (C=O) groups is 4. The third-order valence-corrected chi connectivity index (χ3v) is 3.02. The van der Waals surface area contributed by atoms with E-state index < -0.39 is 18.0 Å². The van der Waals surface area contributed by atoms with Crippen LogP contribution in [-0.2, 0) is 19.2 Å². The zero-order chi connectivity index (χ0) is 12.6. The van der Waals surface area contributed by atoms with Crippen LogP contribution in [0.4, 0.5) is 0 Å². The van der Waals surface area contributed by atoms with Crippen LogP contribution in [-0.4, -0.2) is 47.7 Å². The molecule has 2 unspecified atom stereocenters. The van der Waals surface area contributed by atoms with Gasteiger partial charge in [0.25, 0.3) is 0 Å². The molecule has 0 bridgehead atoms. The van der Waals surface area contributed by atoms with Crippen LogP contribution in [0.15, 0.2) is 0 Å². The monoisotopic (exact) mass is 239 g/mol. The van der Waals surface area contributed by atoms with E-state index >= 15 is 0 Å². The summed E-state index contributed by atoms with van der Waals surface area (Å²) in [4.78, 5) is 46.3. The van der Waals surface area contributed by atoms with E-state index in [-0.39, 0.29) is 30.6 Å². The summed E-state index contributed by atoms with van der Waals surface area (Å²) >= 11 is 0. The maximum atomic E-state index is 11.7. The van der Waals surface area contributed by atoms with Crippen LogP contribution in [0.3, 0.4) is 0 Å². The van der Waals surface area contributed by atoms with Crippen LogP contribution in [0.1, 0.15) is 19.3 Å². The van der Waals surface area contributed by atoms with E-state index in [0.29, 0.717) is 6.42 Å². The number of hydrogen-bond donors (Lipinski definition) is 2. The molecule has 0 radical (unpaired) electrons. The summed E-state index contributed by atoms with van der Waals surface area (Å²) in [6.07, 6.45) is 0.669.